The van der Waals surface area contributed by atoms with E-state index in [1.54, 1.807) is 13.8 Å². The van der Waals surface area contributed by atoms with Crippen LogP contribution in [0.25, 0.3) is 0 Å². The van der Waals surface area contributed by atoms with Crippen LogP contribution in [0.15, 0.2) is 0 Å². The molecule has 9 nitrogen and oxygen atoms in total. The van der Waals surface area contributed by atoms with Gasteiger partial charge < -0.3 is 20.7 Å². The van der Waals surface area contributed by atoms with Crippen LogP contribution in [0.2, 0.25) is 0 Å². The molecule has 3 amide bonds. The van der Waals surface area contributed by atoms with Gasteiger partial charge in [0.15, 0.2) is 11.9 Å². The van der Waals surface area contributed by atoms with Gasteiger partial charge >= 0.3 is 6.36 Å². The lowest BCUT2D eigenvalue weighted by molar-refractivity contribution is -0.321. The first-order valence-electron chi connectivity index (χ1n) is 10.8. The quantitative estimate of drug-likeness (QED) is 0.364. The number of amides is 3. The number of rotatable bonds is 11. The van der Waals surface area contributed by atoms with Gasteiger partial charge in [-0.1, -0.05) is 13.8 Å². The van der Waals surface area contributed by atoms with Gasteiger partial charge in [0, 0.05) is 18.9 Å². The highest BCUT2D eigenvalue weighted by Gasteiger charge is 2.50. The second-order valence-corrected chi connectivity index (χ2v) is 8.73. The molecule has 0 aromatic carbocycles. The number of carbonyl (C=O) groups excluding carboxylic acids is 4. The van der Waals surface area contributed by atoms with Crippen LogP contribution in [0.4, 0.5) is 22.0 Å². The van der Waals surface area contributed by atoms with Crippen LogP contribution in [0.3, 0.4) is 0 Å². The summed E-state index contributed by atoms with van der Waals surface area (Å²) in [6, 6.07) is -2.90. The van der Waals surface area contributed by atoms with Gasteiger partial charge in [0.2, 0.25) is 11.8 Å². The van der Waals surface area contributed by atoms with Gasteiger partial charge in [-0.2, -0.15) is 0 Å². The standard InChI is InChI=1S/C20H28F5N3O6/c1-10(2)7-13(28-18(32)15-19(21,22)4-6-33-15)17(31)27-12(8-11-3-5-26-16(11)30)14(29)9-34-20(23,24)25/h10-13,15H,3-9H2,1-2H3,(H,26,30)(H,27,31)(H,28,32). The van der Waals surface area contributed by atoms with Gasteiger partial charge in [0.05, 0.1) is 12.6 Å². The van der Waals surface area contributed by atoms with E-state index in [0.717, 1.165) is 0 Å². The van der Waals surface area contributed by atoms with Crippen LogP contribution in [0, 0.1) is 11.8 Å². The van der Waals surface area contributed by atoms with Crippen LogP contribution in [0.1, 0.15) is 39.5 Å². The lowest BCUT2D eigenvalue weighted by Crippen LogP contribution is -2.56. The minimum atomic E-state index is -5.09. The second-order valence-electron chi connectivity index (χ2n) is 8.73. The molecule has 2 rings (SSSR count). The van der Waals surface area contributed by atoms with Gasteiger partial charge in [0.25, 0.3) is 11.8 Å². The summed E-state index contributed by atoms with van der Waals surface area (Å²) in [5, 5.41) is 6.98. The maximum Gasteiger partial charge on any atom is 0.522 e. The third-order valence-electron chi connectivity index (χ3n) is 5.45. The molecule has 0 radical (unpaired) electrons. The average molecular weight is 501 g/mol. The van der Waals surface area contributed by atoms with Gasteiger partial charge in [-0.3, -0.25) is 23.9 Å². The van der Waals surface area contributed by atoms with Gasteiger partial charge in [-0.25, -0.2) is 8.78 Å². The maximum atomic E-state index is 13.9. The molecule has 4 atom stereocenters. The summed E-state index contributed by atoms with van der Waals surface area (Å²) < 4.78 is 73.2. The van der Waals surface area contributed by atoms with Crippen molar-refractivity contribution in [1.82, 2.24) is 16.0 Å². The summed E-state index contributed by atoms with van der Waals surface area (Å²) in [7, 11) is 0. The minimum absolute atomic E-state index is 0.0141. The van der Waals surface area contributed by atoms with Crippen molar-refractivity contribution in [3.8, 4) is 0 Å². The fraction of sp³-hybridized carbons (Fsp3) is 0.800. The number of halogens is 5. The van der Waals surface area contributed by atoms with E-state index in [0.29, 0.717) is 13.0 Å². The molecular weight excluding hydrogens is 473 g/mol. The predicted molar refractivity (Wildman–Crippen MR) is 105 cm³/mol. The molecule has 0 spiro atoms. The maximum absolute atomic E-state index is 13.9. The second kappa shape index (κ2) is 11.4. The Hall–Kier alpha value is -2.35. The zero-order valence-corrected chi connectivity index (χ0v) is 18.7. The number of nitrogens with one attached hydrogen (secondary N) is 3. The van der Waals surface area contributed by atoms with E-state index >= 15 is 0 Å². The molecule has 4 unspecified atom stereocenters. The van der Waals surface area contributed by atoms with Crippen molar-refractivity contribution in [2.45, 2.75) is 70.0 Å². The van der Waals surface area contributed by atoms with E-state index in [1.807, 2.05) is 0 Å². The molecule has 2 aliphatic heterocycles. The Morgan fingerprint density at radius 3 is 2.38 bits per heavy atom. The highest BCUT2D eigenvalue weighted by atomic mass is 19.4. The van der Waals surface area contributed by atoms with E-state index < -0.39 is 72.9 Å². The highest BCUT2D eigenvalue weighted by molar-refractivity contribution is 5.94. The number of ketones is 1. The van der Waals surface area contributed by atoms with E-state index in [-0.39, 0.29) is 25.4 Å². The molecule has 0 saturated carbocycles. The fourth-order valence-corrected chi connectivity index (χ4v) is 3.73. The molecule has 2 saturated heterocycles. The monoisotopic (exact) mass is 501 g/mol. The molecule has 2 heterocycles. The smallest absolute Gasteiger partial charge is 0.362 e. The molecule has 14 heteroatoms. The van der Waals surface area contributed by atoms with Crippen LogP contribution < -0.4 is 16.0 Å². The summed E-state index contributed by atoms with van der Waals surface area (Å²) in [4.78, 5) is 49.5. The Balaban J connectivity index is 2.14. The molecule has 0 aromatic rings. The van der Waals surface area contributed by atoms with Crippen molar-refractivity contribution in [2.75, 3.05) is 19.8 Å². The molecule has 0 aliphatic carbocycles. The third-order valence-corrected chi connectivity index (χ3v) is 5.45. The number of ether oxygens (including phenoxy) is 2. The summed E-state index contributed by atoms with van der Waals surface area (Å²) in [5.41, 5.74) is 0. The average Bonchev–Trinajstić information content (AvgIpc) is 3.28. The van der Waals surface area contributed by atoms with E-state index in [1.165, 1.54) is 0 Å². The highest BCUT2D eigenvalue weighted by Crippen LogP contribution is 2.31. The molecule has 2 fully saturated rings. The van der Waals surface area contributed by atoms with Gasteiger partial charge in [-0.05, 0) is 25.2 Å². The van der Waals surface area contributed by atoms with Crippen molar-refractivity contribution in [1.29, 1.82) is 0 Å². The number of hydrogen-bond acceptors (Lipinski definition) is 6. The summed E-state index contributed by atoms with van der Waals surface area (Å²) in [5.74, 6) is -8.10. The van der Waals surface area contributed by atoms with Crippen molar-refractivity contribution in [3.63, 3.8) is 0 Å². The van der Waals surface area contributed by atoms with Crippen molar-refractivity contribution in [2.24, 2.45) is 11.8 Å². The van der Waals surface area contributed by atoms with Gasteiger partial charge in [0.1, 0.15) is 12.6 Å². The zero-order chi connectivity index (χ0) is 25.7. The molecule has 3 N–H and O–H groups in total. The summed E-state index contributed by atoms with van der Waals surface area (Å²) in [6.07, 6.45) is -7.83. The molecule has 34 heavy (non-hydrogen) atoms. The molecular formula is C20H28F5N3O6. The predicted octanol–water partition coefficient (Wildman–Crippen LogP) is 1.06. The first-order valence-corrected chi connectivity index (χ1v) is 10.8. The lowest BCUT2D eigenvalue weighted by atomic mass is 9.95. The Morgan fingerprint density at radius 2 is 1.88 bits per heavy atom. The number of alkyl halides is 5. The number of carbonyl (C=O) groups is 4. The molecule has 0 bridgehead atoms. The zero-order valence-electron chi connectivity index (χ0n) is 18.7. The Labute approximate surface area is 192 Å². The van der Waals surface area contributed by atoms with Crippen molar-refractivity contribution < 1.29 is 50.6 Å². The molecule has 2 aliphatic rings. The van der Waals surface area contributed by atoms with Gasteiger partial charge in [-0.15, -0.1) is 13.2 Å². The fourth-order valence-electron chi connectivity index (χ4n) is 3.73. The minimum Gasteiger partial charge on any atom is -0.362 e. The van der Waals surface area contributed by atoms with Crippen LogP contribution >= 0.6 is 0 Å². The SMILES string of the molecule is CC(C)CC(NC(=O)C1OCCC1(F)F)C(=O)NC(CC1CCNC1=O)C(=O)COC(F)(F)F. The van der Waals surface area contributed by atoms with Crippen molar-refractivity contribution >= 4 is 23.5 Å². The Morgan fingerprint density at radius 1 is 1.21 bits per heavy atom. The van der Waals surface area contributed by atoms with Crippen LogP contribution in [0.5, 0.6) is 0 Å². The Bertz CT molecular complexity index is 776. The first kappa shape index (κ1) is 27.9. The summed E-state index contributed by atoms with van der Waals surface area (Å²) >= 11 is 0. The van der Waals surface area contributed by atoms with Crippen LogP contribution in [-0.2, 0) is 28.7 Å². The van der Waals surface area contributed by atoms with Crippen molar-refractivity contribution in [3.05, 3.63) is 0 Å². The third kappa shape index (κ3) is 8.15. The molecule has 194 valence electrons. The summed E-state index contributed by atoms with van der Waals surface area (Å²) in [6.45, 7) is 1.95. The normalized spacial score (nSPS) is 23.9. The molecule has 0 aromatic heterocycles. The number of Topliss-reactive ketones (excluding diaryl/α,β-unsaturated/α-hetero) is 1. The number of hydrogen-bond donors (Lipinski definition) is 3. The topological polar surface area (TPSA) is 123 Å². The first-order chi connectivity index (χ1) is 15.7. The lowest BCUT2D eigenvalue weighted by Gasteiger charge is -2.26. The van der Waals surface area contributed by atoms with E-state index in [9.17, 15) is 41.1 Å². The largest absolute Gasteiger partial charge is 0.522 e. The van der Waals surface area contributed by atoms with E-state index in [4.69, 9.17) is 4.74 Å². The Kier molecular flexibility index (Phi) is 9.34. The van der Waals surface area contributed by atoms with E-state index in [2.05, 4.69) is 20.7 Å². The van der Waals surface area contributed by atoms with Crippen LogP contribution in [-0.4, -0.2) is 73.7 Å².